The zero-order valence-corrected chi connectivity index (χ0v) is 13.6. The fourth-order valence-corrected chi connectivity index (χ4v) is 2.58. The molecule has 0 aliphatic heterocycles. The van der Waals surface area contributed by atoms with E-state index in [4.69, 9.17) is 16.3 Å². The summed E-state index contributed by atoms with van der Waals surface area (Å²) in [5, 5.41) is 11.2. The minimum absolute atomic E-state index is 0.0474. The molecule has 6 nitrogen and oxygen atoms in total. The van der Waals surface area contributed by atoms with Crippen molar-refractivity contribution in [3.8, 4) is 11.6 Å². The van der Waals surface area contributed by atoms with Gasteiger partial charge in [-0.25, -0.2) is 9.97 Å². The minimum Gasteiger partial charge on any atom is -0.437 e. The maximum atomic E-state index is 10.9. The summed E-state index contributed by atoms with van der Waals surface area (Å²) in [6, 6.07) is 4.53. The van der Waals surface area contributed by atoms with Crippen molar-refractivity contribution in [3.05, 3.63) is 49.8 Å². The molecule has 0 spiro atoms. The molecule has 2 aromatic rings. The van der Waals surface area contributed by atoms with Gasteiger partial charge >= 0.3 is 0 Å². The van der Waals surface area contributed by atoms with Crippen LogP contribution in [0.25, 0.3) is 0 Å². The van der Waals surface area contributed by atoms with E-state index >= 15 is 0 Å². The molecule has 8 heteroatoms. The number of benzene rings is 1. The molecule has 1 heterocycles. The van der Waals surface area contributed by atoms with Crippen LogP contribution in [-0.2, 0) is 0 Å². The average molecular weight is 373 g/mol. The van der Waals surface area contributed by atoms with Crippen LogP contribution >= 0.6 is 27.5 Å². The molecule has 0 aliphatic carbocycles. The Kier molecular flexibility index (Phi) is 4.74. The van der Waals surface area contributed by atoms with Gasteiger partial charge in [0.15, 0.2) is 5.75 Å². The molecular weight excluding hydrogens is 362 g/mol. The molecule has 0 atom stereocenters. The first-order valence-corrected chi connectivity index (χ1v) is 7.20. The van der Waals surface area contributed by atoms with Crippen molar-refractivity contribution in [2.24, 2.45) is 0 Å². The van der Waals surface area contributed by atoms with E-state index < -0.39 is 4.92 Å². The van der Waals surface area contributed by atoms with Crippen LogP contribution in [0.3, 0.4) is 0 Å². The van der Waals surface area contributed by atoms with Crippen molar-refractivity contribution in [1.82, 2.24) is 9.97 Å². The van der Waals surface area contributed by atoms with Gasteiger partial charge in [0, 0.05) is 6.07 Å². The maximum absolute atomic E-state index is 10.9. The summed E-state index contributed by atoms with van der Waals surface area (Å²) in [6.45, 7) is 3.86. The lowest BCUT2D eigenvalue weighted by Gasteiger charge is -2.13. The summed E-state index contributed by atoms with van der Waals surface area (Å²) < 4.78 is 5.94. The molecule has 0 saturated heterocycles. The van der Waals surface area contributed by atoms with Crippen molar-refractivity contribution in [2.75, 3.05) is 0 Å². The van der Waals surface area contributed by atoms with Gasteiger partial charge in [-0.2, -0.15) is 0 Å². The Morgan fingerprint density at radius 2 is 2.10 bits per heavy atom. The van der Waals surface area contributed by atoms with E-state index in [0.29, 0.717) is 16.5 Å². The number of ether oxygens (including phenoxy) is 1. The minimum atomic E-state index is -0.493. The van der Waals surface area contributed by atoms with Crippen LogP contribution in [0.1, 0.15) is 25.3 Å². The predicted octanol–water partition coefficient (Wildman–Crippen LogP) is 4.72. The lowest BCUT2D eigenvalue weighted by atomic mass is 10.1. The van der Waals surface area contributed by atoms with Gasteiger partial charge in [-0.15, -0.1) is 0 Å². The third-order valence-electron chi connectivity index (χ3n) is 2.72. The first-order valence-electron chi connectivity index (χ1n) is 6.03. The number of nitrogens with zero attached hydrogens (tertiary/aromatic N) is 3. The number of nitro benzene ring substituents is 1. The van der Waals surface area contributed by atoms with Gasteiger partial charge in [0.05, 0.1) is 10.5 Å². The smallest absolute Gasteiger partial charge is 0.287 e. The van der Waals surface area contributed by atoms with Gasteiger partial charge < -0.3 is 4.74 Å². The van der Waals surface area contributed by atoms with Gasteiger partial charge in [0.2, 0.25) is 5.88 Å². The Hall–Kier alpha value is -1.73. The van der Waals surface area contributed by atoms with Crippen molar-refractivity contribution < 1.29 is 9.66 Å². The monoisotopic (exact) mass is 371 g/mol. The molecule has 0 saturated carbocycles. The zero-order valence-electron chi connectivity index (χ0n) is 11.2. The first kappa shape index (κ1) is 15.7. The Labute approximate surface area is 134 Å². The number of nitro groups is 1. The largest absolute Gasteiger partial charge is 0.437 e. The molecule has 0 N–H and O–H groups in total. The van der Waals surface area contributed by atoms with Crippen LogP contribution in [-0.4, -0.2) is 14.9 Å². The van der Waals surface area contributed by atoms with Gasteiger partial charge in [-0.1, -0.05) is 31.5 Å². The molecular formula is C13H11BrClN3O3. The van der Waals surface area contributed by atoms with Crippen molar-refractivity contribution >= 4 is 33.2 Å². The van der Waals surface area contributed by atoms with Gasteiger partial charge in [-0.05, 0) is 27.9 Å². The van der Waals surface area contributed by atoms with Crippen LogP contribution in [0.4, 0.5) is 5.69 Å². The second-order valence-electron chi connectivity index (χ2n) is 4.49. The van der Waals surface area contributed by atoms with E-state index in [0.717, 1.165) is 0 Å². The van der Waals surface area contributed by atoms with Gasteiger partial charge in [-0.3, -0.25) is 10.1 Å². The van der Waals surface area contributed by atoms with E-state index in [9.17, 15) is 10.1 Å². The molecule has 0 amide bonds. The zero-order chi connectivity index (χ0) is 15.6. The number of hydrogen-bond donors (Lipinski definition) is 0. The highest BCUT2D eigenvalue weighted by atomic mass is 79.9. The summed E-state index contributed by atoms with van der Waals surface area (Å²) in [7, 11) is 0. The van der Waals surface area contributed by atoms with Crippen LogP contribution in [0, 0.1) is 10.1 Å². The molecule has 2 rings (SSSR count). The second-order valence-corrected chi connectivity index (χ2v) is 5.64. The molecule has 0 unspecified atom stereocenters. The fraction of sp³-hybridized carbons (Fsp3) is 0.231. The normalized spacial score (nSPS) is 10.7. The summed E-state index contributed by atoms with van der Waals surface area (Å²) in [5.74, 6) is 0.623. The van der Waals surface area contributed by atoms with Crippen molar-refractivity contribution in [2.45, 2.75) is 19.8 Å². The van der Waals surface area contributed by atoms with Crippen LogP contribution in [0.5, 0.6) is 11.6 Å². The van der Waals surface area contributed by atoms with E-state index in [-0.39, 0.29) is 22.0 Å². The Bertz CT molecular complexity index is 694. The molecule has 0 aliphatic rings. The average Bonchev–Trinajstić information content (AvgIpc) is 2.40. The van der Waals surface area contributed by atoms with Crippen molar-refractivity contribution in [3.63, 3.8) is 0 Å². The molecule has 1 aromatic heterocycles. The van der Waals surface area contributed by atoms with Crippen LogP contribution in [0.15, 0.2) is 29.0 Å². The van der Waals surface area contributed by atoms with Gasteiger partial charge in [0.25, 0.3) is 5.69 Å². The topological polar surface area (TPSA) is 78.2 Å². The standard InChI is InChI=1S/C13H11BrClN3O3/c1-7(2)10-12(15)16-6-17-13(10)21-9-5-3-4-8(11(9)14)18(19)20/h3-7H,1-2H3. The molecule has 0 radical (unpaired) electrons. The summed E-state index contributed by atoms with van der Waals surface area (Å²) in [6.07, 6.45) is 1.29. The summed E-state index contributed by atoms with van der Waals surface area (Å²) in [4.78, 5) is 18.4. The summed E-state index contributed by atoms with van der Waals surface area (Å²) in [5.41, 5.74) is 0.566. The van der Waals surface area contributed by atoms with Crippen LogP contribution in [0.2, 0.25) is 5.15 Å². The van der Waals surface area contributed by atoms with Gasteiger partial charge in [0.1, 0.15) is 16.0 Å². The molecule has 0 fully saturated rings. The second kappa shape index (κ2) is 6.36. The SMILES string of the molecule is CC(C)c1c(Cl)ncnc1Oc1cccc([N+](=O)[O-])c1Br. The molecule has 110 valence electrons. The lowest BCUT2D eigenvalue weighted by Crippen LogP contribution is -2.00. The predicted molar refractivity (Wildman–Crippen MR) is 82.0 cm³/mol. The number of hydrogen-bond acceptors (Lipinski definition) is 5. The third kappa shape index (κ3) is 3.30. The highest BCUT2D eigenvalue weighted by molar-refractivity contribution is 9.10. The quantitative estimate of drug-likeness (QED) is 0.441. The highest BCUT2D eigenvalue weighted by Gasteiger charge is 2.20. The Balaban J connectivity index is 2.47. The van der Waals surface area contributed by atoms with E-state index in [1.807, 2.05) is 13.8 Å². The highest BCUT2D eigenvalue weighted by Crippen LogP contribution is 2.38. The Morgan fingerprint density at radius 1 is 1.38 bits per heavy atom. The molecule has 0 bridgehead atoms. The first-order chi connectivity index (χ1) is 9.91. The fourth-order valence-electron chi connectivity index (χ4n) is 1.75. The van der Waals surface area contributed by atoms with E-state index in [1.165, 1.54) is 18.5 Å². The molecule has 21 heavy (non-hydrogen) atoms. The van der Waals surface area contributed by atoms with E-state index in [2.05, 4.69) is 25.9 Å². The molecule has 1 aromatic carbocycles. The van der Waals surface area contributed by atoms with Crippen molar-refractivity contribution in [1.29, 1.82) is 0 Å². The number of halogens is 2. The summed E-state index contributed by atoms with van der Waals surface area (Å²) >= 11 is 9.24. The Morgan fingerprint density at radius 3 is 2.71 bits per heavy atom. The maximum Gasteiger partial charge on any atom is 0.287 e. The number of rotatable bonds is 4. The number of aromatic nitrogens is 2. The van der Waals surface area contributed by atoms with Crippen LogP contribution < -0.4 is 4.74 Å². The van der Waals surface area contributed by atoms with E-state index in [1.54, 1.807) is 6.07 Å². The lowest BCUT2D eigenvalue weighted by molar-refractivity contribution is -0.385. The third-order valence-corrected chi connectivity index (χ3v) is 3.82.